The Morgan fingerprint density at radius 1 is 1.31 bits per heavy atom. The van der Waals surface area contributed by atoms with Crippen molar-refractivity contribution in [3.63, 3.8) is 0 Å². The zero-order chi connectivity index (χ0) is 22.3. The van der Waals surface area contributed by atoms with E-state index < -0.39 is 0 Å². The number of hydrogen-bond donors (Lipinski definition) is 2. The Kier molecular flexibility index (Phi) is 7.63. The number of anilines is 2. The van der Waals surface area contributed by atoms with E-state index in [1.807, 2.05) is 6.07 Å². The Morgan fingerprint density at radius 2 is 2.16 bits per heavy atom. The minimum absolute atomic E-state index is 0.137. The number of amides is 1. The van der Waals surface area contributed by atoms with Gasteiger partial charge in [0.1, 0.15) is 5.69 Å². The molecule has 9 nitrogen and oxygen atoms in total. The fraction of sp³-hybridized carbons (Fsp3) is 0.591. The van der Waals surface area contributed by atoms with Crippen LogP contribution in [-0.4, -0.2) is 69.9 Å². The zero-order valence-corrected chi connectivity index (χ0v) is 19.3. The Morgan fingerprint density at radius 3 is 2.97 bits per heavy atom. The molecule has 10 heteroatoms. The maximum absolute atomic E-state index is 12.5. The van der Waals surface area contributed by atoms with E-state index in [1.54, 1.807) is 11.6 Å². The minimum Gasteiger partial charge on any atom is -0.349 e. The summed E-state index contributed by atoms with van der Waals surface area (Å²) in [6.45, 7) is 2.76. The van der Waals surface area contributed by atoms with E-state index in [1.165, 1.54) is 37.0 Å². The summed E-state index contributed by atoms with van der Waals surface area (Å²) in [6, 6.07) is 4.91. The second-order valence-electron chi connectivity index (χ2n) is 8.43. The highest BCUT2D eigenvalue weighted by molar-refractivity contribution is 7.14. The topological polar surface area (TPSA) is 110 Å². The van der Waals surface area contributed by atoms with Gasteiger partial charge in [-0.2, -0.15) is 5.26 Å². The lowest BCUT2D eigenvalue weighted by atomic mass is 10.1. The first-order valence-corrected chi connectivity index (χ1v) is 12.2. The third kappa shape index (κ3) is 5.59. The number of likely N-dealkylation sites (N-methyl/N-ethyl adjacent to an activating group) is 1. The third-order valence-electron chi connectivity index (χ3n) is 6.31. The van der Waals surface area contributed by atoms with Crippen molar-refractivity contribution in [2.75, 3.05) is 38.5 Å². The fourth-order valence-electron chi connectivity index (χ4n) is 4.55. The molecule has 2 aliphatic rings. The number of carbonyl (C=O) groups is 1. The SMILES string of the molecule is CN(CCNC(=O)c1csc(Nc2nccc([C@H]3CCCN3CC#N)n2)n1)C1CCCC1. The van der Waals surface area contributed by atoms with Crippen molar-refractivity contribution >= 4 is 28.3 Å². The predicted octanol–water partition coefficient (Wildman–Crippen LogP) is 2.94. The zero-order valence-electron chi connectivity index (χ0n) is 18.5. The second kappa shape index (κ2) is 10.8. The standard InChI is InChI=1S/C22H30N8OS/c1-29(16-5-2-3-6-16)14-11-24-20(31)18-15-32-22(27-18)28-21-25-10-8-17(26-21)19-7-4-12-30(19)13-9-23/h8,10,15-16,19H,2-7,11-14H2,1H3,(H,24,31)(H,25,26,27,28)/t19-/m1/s1. The maximum Gasteiger partial charge on any atom is 0.270 e. The van der Waals surface area contributed by atoms with Crippen LogP contribution in [0.3, 0.4) is 0 Å². The van der Waals surface area contributed by atoms with Gasteiger partial charge in [0.25, 0.3) is 5.91 Å². The summed E-state index contributed by atoms with van der Waals surface area (Å²) >= 11 is 1.35. The quantitative estimate of drug-likeness (QED) is 0.557. The average molecular weight is 455 g/mol. The smallest absolute Gasteiger partial charge is 0.270 e. The van der Waals surface area contributed by atoms with E-state index in [0.717, 1.165) is 31.6 Å². The van der Waals surface area contributed by atoms with E-state index in [4.69, 9.17) is 5.26 Å². The molecule has 1 amide bonds. The first kappa shape index (κ1) is 22.6. The summed E-state index contributed by atoms with van der Waals surface area (Å²) in [7, 11) is 2.13. The van der Waals surface area contributed by atoms with Crippen LogP contribution in [-0.2, 0) is 0 Å². The van der Waals surface area contributed by atoms with Crippen LogP contribution >= 0.6 is 11.3 Å². The van der Waals surface area contributed by atoms with E-state index in [2.05, 4.69) is 48.5 Å². The van der Waals surface area contributed by atoms with Crippen molar-refractivity contribution in [1.82, 2.24) is 30.1 Å². The number of thiazole rings is 1. The van der Waals surface area contributed by atoms with E-state index in [-0.39, 0.29) is 11.9 Å². The molecule has 170 valence electrons. The number of rotatable bonds is 9. The number of nitrogens with one attached hydrogen (secondary N) is 2. The molecule has 2 aromatic rings. The summed E-state index contributed by atoms with van der Waals surface area (Å²) in [6.07, 6.45) is 8.88. The summed E-state index contributed by atoms with van der Waals surface area (Å²) < 4.78 is 0. The summed E-state index contributed by atoms with van der Waals surface area (Å²) in [5.74, 6) is 0.285. The molecule has 1 atom stereocenters. The number of likely N-dealkylation sites (tertiary alicyclic amines) is 1. The third-order valence-corrected chi connectivity index (χ3v) is 7.07. The van der Waals surface area contributed by atoms with Crippen molar-refractivity contribution in [2.24, 2.45) is 0 Å². The van der Waals surface area contributed by atoms with Gasteiger partial charge in [-0.1, -0.05) is 12.8 Å². The Balaban J connectivity index is 1.30. The van der Waals surface area contributed by atoms with Gasteiger partial charge in [-0.15, -0.1) is 11.3 Å². The molecule has 4 rings (SSSR count). The highest BCUT2D eigenvalue weighted by Crippen LogP contribution is 2.31. The molecule has 1 saturated carbocycles. The first-order chi connectivity index (χ1) is 15.6. The highest BCUT2D eigenvalue weighted by atomic mass is 32.1. The van der Waals surface area contributed by atoms with E-state index in [0.29, 0.717) is 35.9 Å². The van der Waals surface area contributed by atoms with Crippen molar-refractivity contribution in [3.05, 3.63) is 29.0 Å². The molecule has 3 heterocycles. The van der Waals surface area contributed by atoms with Crippen LogP contribution in [0.1, 0.15) is 60.7 Å². The monoisotopic (exact) mass is 454 g/mol. The van der Waals surface area contributed by atoms with Gasteiger partial charge in [0, 0.05) is 30.7 Å². The first-order valence-electron chi connectivity index (χ1n) is 11.3. The number of nitrogens with zero attached hydrogens (tertiary/aromatic N) is 6. The summed E-state index contributed by atoms with van der Waals surface area (Å²) in [5, 5.41) is 17.4. The van der Waals surface area contributed by atoms with Gasteiger partial charge in [0.05, 0.1) is 24.3 Å². The van der Waals surface area contributed by atoms with Gasteiger partial charge in [0.15, 0.2) is 5.13 Å². The molecule has 0 bridgehead atoms. The number of nitriles is 1. The molecule has 32 heavy (non-hydrogen) atoms. The van der Waals surface area contributed by atoms with Gasteiger partial charge < -0.3 is 15.5 Å². The van der Waals surface area contributed by atoms with Gasteiger partial charge in [-0.25, -0.2) is 15.0 Å². The maximum atomic E-state index is 12.5. The van der Waals surface area contributed by atoms with Crippen LogP contribution in [0.25, 0.3) is 0 Å². The molecule has 0 aromatic carbocycles. The Labute approximate surface area is 192 Å². The van der Waals surface area contributed by atoms with Crippen molar-refractivity contribution in [1.29, 1.82) is 5.26 Å². The van der Waals surface area contributed by atoms with Crippen LogP contribution in [0.15, 0.2) is 17.6 Å². The highest BCUT2D eigenvalue weighted by Gasteiger charge is 2.27. The molecule has 0 spiro atoms. The summed E-state index contributed by atoms with van der Waals surface area (Å²) in [4.78, 5) is 30.3. The van der Waals surface area contributed by atoms with Crippen molar-refractivity contribution < 1.29 is 4.79 Å². The lowest BCUT2D eigenvalue weighted by Crippen LogP contribution is -2.37. The van der Waals surface area contributed by atoms with Gasteiger partial charge in [0.2, 0.25) is 5.95 Å². The molecule has 1 aliphatic heterocycles. The number of aromatic nitrogens is 3. The second-order valence-corrected chi connectivity index (χ2v) is 9.29. The Hall–Kier alpha value is -2.61. The molecule has 0 unspecified atom stereocenters. The van der Waals surface area contributed by atoms with E-state index >= 15 is 0 Å². The van der Waals surface area contributed by atoms with E-state index in [9.17, 15) is 4.79 Å². The van der Waals surface area contributed by atoms with Crippen molar-refractivity contribution in [2.45, 2.75) is 50.6 Å². The normalized spacial score (nSPS) is 19.3. The number of hydrogen-bond acceptors (Lipinski definition) is 9. The summed E-state index contributed by atoms with van der Waals surface area (Å²) in [5.41, 5.74) is 1.30. The minimum atomic E-state index is -0.165. The predicted molar refractivity (Wildman–Crippen MR) is 124 cm³/mol. The fourth-order valence-corrected chi connectivity index (χ4v) is 5.24. The molecular formula is C22H30N8OS. The van der Waals surface area contributed by atoms with Crippen LogP contribution < -0.4 is 10.6 Å². The van der Waals surface area contributed by atoms with Gasteiger partial charge in [-0.05, 0) is 45.3 Å². The largest absolute Gasteiger partial charge is 0.349 e. The van der Waals surface area contributed by atoms with Gasteiger partial charge in [-0.3, -0.25) is 9.69 Å². The van der Waals surface area contributed by atoms with Gasteiger partial charge >= 0.3 is 0 Å². The van der Waals surface area contributed by atoms with Crippen LogP contribution in [0.5, 0.6) is 0 Å². The van der Waals surface area contributed by atoms with Crippen LogP contribution in [0, 0.1) is 11.3 Å². The van der Waals surface area contributed by atoms with Crippen LogP contribution in [0.2, 0.25) is 0 Å². The molecular weight excluding hydrogens is 424 g/mol. The molecule has 1 saturated heterocycles. The molecule has 0 radical (unpaired) electrons. The number of carbonyl (C=O) groups excluding carboxylic acids is 1. The molecule has 1 aliphatic carbocycles. The van der Waals surface area contributed by atoms with Crippen molar-refractivity contribution in [3.8, 4) is 6.07 Å². The average Bonchev–Trinajstić information content (AvgIpc) is 3.56. The Bertz CT molecular complexity index is 951. The lowest BCUT2D eigenvalue weighted by Gasteiger charge is -2.23. The molecule has 2 N–H and O–H groups in total. The van der Waals surface area contributed by atoms with Crippen LogP contribution in [0.4, 0.5) is 11.1 Å². The lowest BCUT2D eigenvalue weighted by molar-refractivity contribution is 0.0943. The molecule has 2 fully saturated rings. The molecule has 2 aromatic heterocycles.